The number of nitrogens with zero attached hydrogens (tertiary/aromatic N) is 4. The van der Waals surface area contributed by atoms with Gasteiger partial charge >= 0.3 is 12.1 Å². The standard InChI is InChI=1S/C6H6N6O4/c13-3-1-11(5(15)7-3)9-10-12-2-4(14)8-6(12)16/h1-2H2,(H,7,13,15)(H,8,14,16). The van der Waals surface area contributed by atoms with Crippen molar-refractivity contribution in [2.75, 3.05) is 13.1 Å². The van der Waals surface area contributed by atoms with Crippen LogP contribution >= 0.6 is 0 Å². The SMILES string of the molecule is O=C1CN(N=NN2CC(=O)NC2=O)C(=O)N1. The van der Waals surface area contributed by atoms with Crippen LogP contribution in [0, 0.1) is 0 Å². The fourth-order valence-electron chi connectivity index (χ4n) is 1.10. The molecular formula is C6H6N6O4. The highest BCUT2D eigenvalue weighted by molar-refractivity contribution is 6.02. The molecule has 2 saturated heterocycles. The van der Waals surface area contributed by atoms with Gasteiger partial charge in [0.1, 0.15) is 13.1 Å². The first-order valence-electron chi connectivity index (χ1n) is 4.20. The van der Waals surface area contributed by atoms with Crippen molar-refractivity contribution in [3.63, 3.8) is 0 Å². The first-order valence-corrected chi connectivity index (χ1v) is 4.20. The number of hydrogen-bond acceptors (Lipinski definition) is 6. The summed E-state index contributed by atoms with van der Waals surface area (Å²) in [6.45, 7) is -0.516. The van der Waals surface area contributed by atoms with Gasteiger partial charge in [-0.2, -0.15) is 10.0 Å². The molecular weight excluding hydrogens is 220 g/mol. The van der Waals surface area contributed by atoms with Gasteiger partial charge in [-0.05, 0) is 10.4 Å². The van der Waals surface area contributed by atoms with Crippen LogP contribution < -0.4 is 10.6 Å². The molecule has 10 nitrogen and oxygen atoms in total. The maximum Gasteiger partial charge on any atom is 0.346 e. The van der Waals surface area contributed by atoms with Crippen LogP contribution in [0.3, 0.4) is 0 Å². The van der Waals surface area contributed by atoms with Gasteiger partial charge in [0, 0.05) is 0 Å². The Morgan fingerprint density at radius 3 is 1.44 bits per heavy atom. The lowest BCUT2D eigenvalue weighted by Gasteiger charge is -2.06. The fourth-order valence-corrected chi connectivity index (χ4v) is 1.10. The summed E-state index contributed by atoms with van der Waals surface area (Å²) in [7, 11) is 0. The quantitative estimate of drug-likeness (QED) is 0.433. The molecule has 0 bridgehead atoms. The molecule has 0 aromatic carbocycles. The highest BCUT2D eigenvalue weighted by Crippen LogP contribution is 2.03. The Labute approximate surface area is 88.2 Å². The van der Waals surface area contributed by atoms with Crippen molar-refractivity contribution < 1.29 is 19.2 Å². The average molecular weight is 226 g/mol. The van der Waals surface area contributed by atoms with Gasteiger partial charge in [0.2, 0.25) is 11.8 Å². The number of urea groups is 2. The van der Waals surface area contributed by atoms with E-state index in [1.54, 1.807) is 0 Å². The Morgan fingerprint density at radius 2 is 1.19 bits per heavy atom. The molecule has 0 unspecified atom stereocenters. The molecule has 6 amide bonds. The van der Waals surface area contributed by atoms with Crippen LogP contribution in [-0.2, 0) is 9.59 Å². The number of imide groups is 2. The molecule has 2 N–H and O–H groups in total. The van der Waals surface area contributed by atoms with Crippen LogP contribution in [-0.4, -0.2) is 47.0 Å². The van der Waals surface area contributed by atoms with E-state index in [0.29, 0.717) is 0 Å². The van der Waals surface area contributed by atoms with Gasteiger partial charge in [-0.1, -0.05) is 0 Å². The zero-order chi connectivity index (χ0) is 11.7. The molecule has 0 aromatic rings. The largest absolute Gasteiger partial charge is 0.346 e. The van der Waals surface area contributed by atoms with Crippen molar-refractivity contribution >= 4 is 23.9 Å². The van der Waals surface area contributed by atoms with Gasteiger partial charge in [-0.3, -0.25) is 20.2 Å². The molecule has 84 valence electrons. The van der Waals surface area contributed by atoms with E-state index in [2.05, 4.69) is 10.4 Å². The number of carbonyl (C=O) groups is 4. The lowest BCUT2D eigenvalue weighted by molar-refractivity contribution is -0.119. The average Bonchev–Trinajstić information content (AvgIpc) is 2.66. The number of hydrogen-bond donors (Lipinski definition) is 2. The lowest BCUT2D eigenvalue weighted by Crippen LogP contribution is -2.26. The second kappa shape index (κ2) is 3.56. The first kappa shape index (κ1) is 10.0. The molecule has 2 fully saturated rings. The first-order chi connectivity index (χ1) is 7.56. The number of carbonyl (C=O) groups excluding carboxylic acids is 4. The second-order valence-electron chi connectivity index (χ2n) is 3.00. The Balaban J connectivity index is 1.99. The maximum absolute atomic E-state index is 11.0. The topological polar surface area (TPSA) is 124 Å². The smallest absolute Gasteiger partial charge is 0.275 e. The minimum Gasteiger partial charge on any atom is -0.275 e. The Kier molecular flexibility index (Phi) is 2.23. The summed E-state index contributed by atoms with van der Waals surface area (Å²) < 4.78 is 0. The number of amides is 6. The maximum atomic E-state index is 11.0. The molecule has 0 saturated carbocycles. The monoisotopic (exact) mass is 226 g/mol. The van der Waals surface area contributed by atoms with Crippen LogP contribution in [0.25, 0.3) is 0 Å². The molecule has 2 aliphatic heterocycles. The van der Waals surface area contributed by atoms with Gasteiger partial charge in [-0.25, -0.2) is 9.59 Å². The third kappa shape index (κ3) is 1.80. The van der Waals surface area contributed by atoms with E-state index in [-0.39, 0.29) is 13.1 Å². The summed E-state index contributed by atoms with van der Waals surface area (Å²) in [5.41, 5.74) is 0. The minimum absolute atomic E-state index is 0.258. The molecule has 2 rings (SSSR count). The van der Waals surface area contributed by atoms with Crippen LogP contribution in [0.2, 0.25) is 0 Å². The Hall–Kier alpha value is -2.52. The highest BCUT2D eigenvalue weighted by atomic mass is 16.2. The van der Waals surface area contributed by atoms with Crippen LogP contribution in [0.15, 0.2) is 10.4 Å². The van der Waals surface area contributed by atoms with Gasteiger partial charge < -0.3 is 0 Å². The summed E-state index contributed by atoms with van der Waals surface area (Å²) in [6.07, 6.45) is 0. The minimum atomic E-state index is -0.723. The molecule has 0 aromatic heterocycles. The van der Waals surface area contributed by atoms with Crippen molar-refractivity contribution in [3.05, 3.63) is 0 Å². The van der Waals surface area contributed by atoms with Crippen LogP contribution in [0.4, 0.5) is 9.59 Å². The molecule has 2 heterocycles. The van der Waals surface area contributed by atoms with E-state index >= 15 is 0 Å². The van der Waals surface area contributed by atoms with Gasteiger partial charge in [0.05, 0.1) is 0 Å². The summed E-state index contributed by atoms with van der Waals surface area (Å²) in [4.78, 5) is 43.5. The van der Waals surface area contributed by atoms with Gasteiger partial charge in [-0.15, -0.1) is 0 Å². The van der Waals surface area contributed by atoms with Crippen molar-refractivity contribution in [1.82, 2.24) is 20.7 Å². The third-order valence-corrected chi connectivity index (χ3v) is 1.80. The van der Waals surface area contributed by atoms with E-state index in [1.807, 2.05) is 10.6 Å². The summed E-state index contributed by atoms with van der Waals surface area (Å²) in [5.74, 6) is -1.02. The molecule has 16 heavy (non-hydrogen) atoms. The number of nitrogens with one attached hydrogen (secondary N) is 2. The van der Waals surface area contributed by atoms with E-state index < -0.39 is 23.9 Å². The molecule has 10 heteroatoms. The molecule has 2 aliphatic rings. The molecule has 0 spiro atoms. The van der Waals surface area contributed by atoms with Crippen LogP contribution in [0.5, 0.6) is 0 Å². The van der Waals surface area contributed by atoms with Crippen LogP contribution in [0.1, 0.15) is 0 Å². The second-order valence-corrected chi connectivity index (χ2v) is 3.00. The number of rotatable bonds is 2. The fraction of sp³-hybridized carbons (Fsp3) is 0.333. The van der Waals surface area contributed by atoms with E-state index in [9.17, 15) is 19.2 Å². The normalized spacial score (nSPS) is 21.0. The summed E-state index contributed by atoms with van der Waals surface area (Å²) in [5, 5.41) is 12.2. The molecule has 0 radical (unpaired) electrons. The van der Waals surface area contributed by atoms with E-state index in [1.165, 1.54) is 0 Å². The summed E-state index contributed by atoms with van der Waals surface area (Å²) >= 11 is 0. The van der Waals surface area contributed by atoms with Crippen molar-refractivity contribution in [3.8, 4) is 0 Å². The van der Waals surface area contributed by atoms with Gasteiger partial charge in [0.15, 0.2) is 0 Å². The summed E-state index contributed by atoms with van der Waals surface area (Å²) in [6, 6.07) is -1.45. The predicted octanol–water partition coefficient (Wildman–Crippen LogP) is -1.63. The van der Waals surface area contributed by atoms with E-state index in [0.717, 1.165) is 10.0 Å². The van der Waals surface area contributed by atoms with Crippen molar-refractivity contribution in [2.24, 2.45) is 10.4 Å². The highest BCUT2D eigenvalue weighted by Gasteiger charge is 2.30. The Bertz CT molecular complexity index is 379. The Morgan fingerprint density at radius 1 is 0.812 bits per heavy atom. The van der Waals surface area contributed by atoms with Crippen molar-refractivity contribution in [2.45, 2.75) is 0 Å². The van der Waals surface area contributed by atoms with Gasteiger partial charge in [0.25, 0.3) is 0 Å². The third-order valence-electron chi connectivity index (χ3n) is 1.80. The van der Waals surface area contributed by atoms with Crippen molar-refractivity contribution in [1.29, 1.82) is 0 Å². The zero-order valence-corrected chi connectivity index (χ0v) is 7.84. The molecule has 0 aliphatic carbocycles. The predicted molar refractivity (Wildman–Crippen MR) is 45.3 cm³/mol. The zero-order valence-electron chi connectivity index (χ0n) is 7.84. The van der Waals surface area contributed by atoms with E-state index in [4.69, 9.17) is 0 Å². The molecule has 0 atom stereocenters. The lowest BCUT2D eigenvalue weighted by atomic mass is 10.6.